The molecule has 0 fully saturated rings. The summed E-state index contributed by atoms with van der Waals surface area (Å²) in [5.74, 6) is 1.45. The predicted octanol–water partition coefficient (Wildman–Crippen LogP) is 4.27. The molecule has 1 aromatic carbocycles. The van der Waals surface area contributed by atoms with Crippen molar-refractivity contribution in [3.8, 4) is 11.6 Å². The van der Waals surface area contributed by atoms with Gasteiger partial charge in [0, 0.05) is 24.2 Å². The van der Waals surface area contributed by atoms with Crippen LogP contribution in [0, 0.1) is 6.92 Å². The van der Waals surface area contributed by atoms with Crippen molar-refractivity contribution >= 4 is 15.9 Å². The van der Waals surface area contributed by atoms with Crippen molar-refractivity contribution in [2.24, 2.45) is 0 Å². The van der Waals surface area contributed by atoms with Crippen LogP contribution in [0.5, 0.6) is 11.6 Å². The molecule has 0 bridgehead atoms. The van der Waals surface area contributed by atoms with Crippen LogP contribution in [-0.2, 0) is 16.5 Å². The van der Waals surface area contributed by atoms with Gasteiger partial charge in [0.25, 0.3) is 0 Å². The number of benzene rings is 1. The van der Waals surface area contributed by atoms with E-state index in [1.54, 1.807) is 7.11 Å². The smallest absolute Gasteiger partial charge is 0.222 e. The van der Waals surface area contributed by atoms with E-state index < -0.39 is 0 Å². The Hall–Kier alpha value is -1.39. The molecular formula is C16H18BrNO2. The van der Waals surface area contributed by atoms with Crippen LogP contribution in [0.2, 0.25) is 0 Å². The van der Waals surface area contributed by atoms with Crippen molar-refractivity contribution in [2.75, 3.05) is 13.7 Å². The van der Waals surface area contributed by atoms with E-state index in [1.807, 2.05) is 25.3 Å². The Morgan fingerprint density at radius 3 is 2.50 bits per heavy atom. The highest BCUT2D eigenvalue weighted by Crippen LogP contribution is 2.24. The number of aromatic nitrogens is 1. The van der Waals surface area contributed by atoms with Gasteiger partial charge in [0.15, 0.2) is 0 Å². The van der Waals surface area contributed by atoms with Gasteiger partial charge in [-0.3, -0.25) is 0 Å². The Kier molecular flexibility index (Phi) is 5.56. The van der Waals surface area contributed by atoms with Gasteiger partial charge in [-0.15, -0.1) is 0 Å². The number of ether oxygens (including phenoxy) is 2. The van der Waals surface area contributed by atoms with Crippen LogP contribution in [-0.4, -0.2) is 18.7 Å². The average Bonchev–Trinajstić information content (AvgIpc) is 2.48. The predicted molar refractivity (Wildman–Crippen MR) is 83.7 cm³/mol. The lowest BCUT2D eigenvalue weighted by Crippen LogP contribution is -1.95. The molecule has 106 valence electrons. The van der Waals surface area contributed by atoms with E-state index in [2.05, 4.69) is 39.1 Å². The van der Waals surface area contributed by atoms with Gasteiger partial charge in [-0.1, -0.05) is 28.1 Å². The van der Waals surface area contributed by atoms with E-state index in [1.165, 1.54) is 5.56 Å². The normalized spacial score (nSPS) is 10.6. The van der Waals surface area contributed by atoms with Crippen molar-refractivity contribution in [3.63, 3.8) is 0 Å². The third-order valence-electron chi connectivity index (χ3n) is 2.97. The zero-order valence-corrected chi connectivity index (χ0v) is 13.3. The average molecular weight is 336 g/mol. The number of methoxy groups -OCH3 is 1. The first kappa shape index (κ1) is 15.0. The lowest BCUT2D eigenvalue weighted by atomic mass is 10.1. The van der Waals surface area contributed by atoms with Crippen molar-refractivity contribution in [2.45, 2.75) is 18.7 Å². The molecule has 0 atom stereocenters. The molecule has 2 aromatic rings. The van der Waals surface area contributed by atoms with Gasteiger partial charge in [0.2, 0.25) is 5.88 Å². The highest BCUT2D eigenvalue weighted by Gasteiger charge is 2.04. The number of hydrogen-bond acceptors (Lipinski definition) is 3. The third-order valence-corrected chi connectivity index (χ3v) is 3.62. The van der Waals surface area contributed by atoms with Crippen LogP contribution < -0.4 is 4.74 Å². The van der Waals surface area contributed by atoms with Crippen LogP contribution >= 0.6 is 15.9 Å². The molecule has 0 saturated heterocycles. The van der Waals surface area contributed by atoms with Crippen molar-refractivity contribution in [3.05, 3.63) is 53.2 Å². The number of pyridine rings is 1. The molecule has 0 unspecified atom stereocenters. The Morgan fingerprint density at radius 2 is 1.90 bits per heavy atom. The molecule has 0 aliphatic rings. The highest BCUT2D eigenvalue weighted by molar-refractivity contribution is 9.08. The van der Waals surface area contributed by atoms with E-state index in [0.717, 1.165) is 35.2 Å². The number of rotatable bonds is 6. The van der Waals surface area contributed by atoms with Crippen LogP contribution in [0.3, 0.4) is 0 Å². The summed E-state index contributed by atoms with van der Waals surface area (Å²) in [5.41, 5.74) is 3.41. The molecule has 20 heavy (non-hydrogen) atoms. The molecule has 0 spiro atoms. The fourth-order valence-electron chi connectivity index (χ4n) is 1.86. The van der Waals surface area contributed by atoms with E-state index in [-0.39, 0.29) is 0 Å². The maximum absolute atomic E-state index is 5.81. The van der Waals surface area contributed by atoms with Gasteiger partial charge in [-0.25, -0.2) is 4.98 Å². The maximum atomic E-state index is 5.81. The summed E-state index contributed by atoms with van der Waals surface area (Å²) < 4.78 is 10.9. The molecule has 0 saturated carbocycles. The molecule has 2 rings (SSSR count). The third kappa shape index (κ3) is 4.05. The minimum atomic E-state index is 0.652. The molecule has 0 aliphatic heterocycles. The first-order chi connectivity index (χ1) is 9.72. The second kappa shape index (κ2) is 7.41. The van der Waals surface area contributed by atoms with E-state index in [4.69, 9.17) is 9.47 Å². The van der Waals surface area contributed by atoms with Gasteiger partial charge < -0.3 is 9.47 Å². The summed E-state index contributed by atoms with van der Waals surface area (Å²) >= 11 is 3.42. The second-order valence-corrected chi connectivity index (χ2v) is 5.15. The van der Waals surface area contributed by atoms with E-state index in [9.17, 15) is 0 Å². The quantitative estimate of drug-likeness (QED) is 0.739. The fourth-order valence-corrected chi connectivity index (χ4v) is 2.16. The number of halogens is 1. The zero-order valence-electron chi connectivity index (χ0n) is 11.7. The zero-order chi connectivity index (χ0) is 14.4. The molecule has 0 radical (unpaired) electrons. The maximum Gasteiger partial charge on any atom is 0.222 e. The number of nitrogens with zero attached hydrogens (tertiary/aromatic N) is 1. The number of hydrogen-bond donors (Lipinski definition) is 0. The minimum absolute atomic E-state index is 0.652. The summed E-state index contributed by atoms with van der Waals surface area (Å²) in [7, 11) is 1.71. The first-order valence-corrected chi connectivity index (χ1v) is 7.62. The largest absolute Gasteiger partial charge is 0.439 e. The standard InChI is InChI=1S/C16H18BrNO2/c1-12-9-14(10-17)11-18-16(12)20-15-5-3-13(4-6-15)7-8-19-2/h3-6,9,11H,7-8,10H2,1-2H3. The number of aryl methyl sites for hydroxylation is 1. The van der Waals surface area contributed by atoms with Gasteiger partial charge in [-0.2, -0.15) is 0 Å². The first-order valence-electron chi connectivity index (χ1n) is 6.50. The summed E-state index contributed by atoms with van der Waals surface area (Å²) in [6, 6.07) is 10.1. The molecule has 4 heteroatoms. The Labute approximate surface area is 128 Å². The monoisotopic (exact) mass is 335 g/mol. The van der Waals surface area contributed by atoms with Crippen LogP contribution in [0.4, 0.5) is 0 Å². The fraction of sp³-hybridized carbons (Fsp3) is 0.312. The minimum Gasteiger partial charge on any atom is -0.439 e. The molecule has 1 heterocycles. The lowest BCUT2D eigenvalue weighted by Gasteiger charge is -2.09. The van der Waals surface area contributed by atoms with Gasteiger partial charge in [-0.05, 0) is 42.7 Å². The molecular weight excluding hydrogens is 318 g/mol. The molecule has 0 amide bonds. The highest BCUT2D eigenvalue weighted by atomic mass is 79.9. The van der Waals surface area contributed by atoms with Crippen LogP contribution in [0.15, 0.2) is 36.5 Å². The molecule has 1 aromatic heterocycles. The van der Waals surface area contributed by atoms with Crippen LogP contribution in [0.25, 0.3) is 0 Å². The van der Waals surface area contributed by atoms with Crippen molar-refractivity contribution < 1.29 is 9.47 Å². The van der Waals surface area contributed by atoms with Gasteiger partial charge >= 0.3 is 0 Å². The SMILES string of the molecule is COCCc1ccc(Oc2ncc(CBr)cc2C)cc1. The van der Waals surface area contributed by atoms with E-state index in [0.29, 0.717) is 5.88 Å². The molecule has 0 aliphatic carbocycles. The Bertz CT molecular complexity index is 555. The van der Waals surface area contributed by atoms with Crippen molar-refractivity contribution in [1.29, 1.82) is 0 Å². The van der Waals surface area contributed by atoms with Crippen LogP contribution in [0.1, 0.15) is 16.7 Å². The van der Waals surface area contributed by atoms with Gasteiger partial charge in [0.05, 0.1) is 6.61 Å². The van der Waals surface area contributed by atoms with Crippen molar-refractivity contribution in [1.82, 2.24) is 4.98 Å². The lowest BCUT2D eigenvalue weighted by molar-refractivity contribution is 0.202. The summed E-state index contributed by atoms with van der Waals surface area (Å²) in [6.07, 6.45) is 2.73. The van der Waals surface area contributed by atoms with E-state index >= 15 is 0 Å². The molecule has 3 nitrogen and oxygen atoms in total. The molecule has 0 N–H and O–H groups in total. The number of alkyl halides is 1. The topological polar surface area (TPSA) is 31.4 Å². The second-order valence-electron chi connectivity index (χ2n) is 4.59. The Morgan fingerprint density at radius 1 is 1.15 bits per heavy atom. The van der Waals surface area contributed by atoms with Gasteiger partial charge in [0.1, 0.15) is 5.75 Å². The summed E-state index contributed by atoms with van der Waals surface area (Å²) in [5, 5.41) is 0.801. The Balaban J connectivity index is 2.06. The summed E-state index contributed by atoms with van der Waals surface area (Å²) in [4.78, 5) is 4.34. The summed E-state index contributed by atoms with van der Waals surface area (Å²) in [6.45, 7) is 2.73.